The number of hydrogen-bond donors (Lipinski definition) is 3. The first-order chi connectivity index (χ1) is 16.9. The van der Waals surface area contributed by atoms with Crippen LogP contribution < -0.4 is 15.8 Å². The highest BCUT2D eigenvalue weighted by molar-refractivity contribution is 6.32. The monoisotopic (exact) mass is 494 g/mol. The van der Waals surface area contributed by atoms with Crippen molar-refractivity contribution in [2.75, 3.05) is 24.1 Å². The first-order valence-electron chi connectivity index (χ1n) is 11.1. The van der Waals surface area contributed by atoms with Crippen molar-refractivity contribution in [1.29, 1.82) is 5.41 Å². The lowest BCUT2D eigenvalue weighted by Gasteiger charge is -2.33. The third-order valence-electron chi connectivity index (χ3n) is 5.87. The second-order valence-electron chi connectivity index (χ2n) is 8.22. The third-order valence-corrected chi connectivity index (χ3v) is 6.17. The summed E-state index contributed by atoms with van der Waals surface area (Å²) in [6.45, 7) is 5.03. The number of halogens is 1. The van der Waals surface area contributed by atoms with Crippen molar-refractivity contribution in [2.24, 2.45) is 7.05 Å². The second kappa shape index (κ2) is 10.6. The number of carbonyl (C=O) groups is 1. The van der Waals surface area contributed by atoms with Crippen LogP contribution in [0.15, 0.2) is 49.6 Å². The highest BCUT2D eigenvalue weighted by Crippen LogP contribution is 2.30. The van der Waals surface area contributed by atoms with Gasteiger partial charge in [0, 0.05) is 44.1 Å². The molecule has 4 N–H and O–H groups in total. The standard InChI is InChI=1S/C24H27ClN8O2/c1-3-20(34)33-9-4-5-16(12-33)31-24-21(23(27)29-14-30-24)22(26)15-6-7-18(17(25)11-15)35-13-19-28-8-10-32(19)2/h3,6-8,10-11,14,16,26H,1,4-5,9,12-13H2,2H3,(H3,27,29,30,31). The van der Waals surface area contributed by atoms with Gasteiger partial charge in [0.1, 0.15) is 36.1 Å². The Balaban J connectivity index is 1.52. The number of amides is 1. The SMILES string of the molecule is C=CC(=O)N1CCCC(Nc2ncnc(N)c2C(=N)c2ccc(OCc3nccn3C)c(Cl)c2)C1. The summed E-state index contributed by atoms with van der Waals surface area (Å²) >= 11 is 6.46. The number of hydrogen-bond acceptors (Lipinski definition) is 8. The molecule has 3 aromatic rings. The summed E-state index contributed by atoms with van der Waals surface area (Å²) < 4.78 is 7.67. The van der Waals surface area contributed by atoms with Crippen molar-refractivity contribution >= 4 is 34.9 Å². The number of benzene rings is 1. The van der Waals surface area contributed by atoms with E-state index in [-0.39, 0.29) is 30.1 Å². The van der Waals surface area contributed by atoms with Crippen LogP contribution in [0.1, 0.15) is 29.8 Å². The number of piperidine rings is 1. The summed E-state index contributed by atoms with van der Waals surface area (Å²) in [4.78, 5) is 26.4. The molecule has 1 aromatic carbocycles. The average Bonchev–Trinajstić information content (AvgIpc) is 3.27. The number of nitrogens with zero attached hydrogens (tertiary/aromatic N) is 5. The van der Waals surface area contributed by atoms with Gasteiger partial charge >= 0.3 is 0 Å². The van der Waals surface area contributed by atoms with Crippen molar-refractivity contribution in [3.63, 3.8) is 0 Å². The number of carbonyl (C=O) groups excluding carboxylic acids is 1. The van der Waals surface area contributed by atoms with Crippen molar-refractivity contribution < 1.29 is 9.53 Å². The van der Waals surface area contributed by atoms with Gasteiger partial charge in [-0.25, -0.2) is 15.0 Å². The Morgan fingerprint density at radius 2 is 2.23 bits per heavy atom. The highest BCUT2D eigenvalue weighted by atomic mass is 35.5. The predicted octanol–water partition coefficient (Wildman–Crippen LogP) is 3.03. The molecule has 1 aliphatic heterocycles. The van der Waals surface area contributed by atoms with E-state index in [1.54, 1.807) is 29.3 Å². The van der Waals surface area contributed by atoms with Crippen molar-refractivity contribution in [1.82, 2.24) is 24.4 Å². The molecule has 1 fully saturated rings. The first-order valence-corrected chi connectivity index (χ1v) is 11.5. The number of nitrogens with two attached hydrogens (primary N) is 1. The maximum Gasteiger partial charge on any atom is 0.246 e. The lowest BCUT2D eigenvalue weighted by atomic mass is 10.0. The van der Waals surface area contributed by atoms with Gasteiger partial charge in [0.25, 0.3) is 0 Å². The molecule has 0 bridgehead atoms. The Hall–Kier alpha value is -3.92. The minimum atomic E-state index is -0.105. The van der Waals surface area contributed by atoms with E-state index in [0.717, 1.165) is 18.7 Å². The van der Waals surface area contributed by atoms with Gasteiger partial charge in [-0.15, -0.1) is 0 Å². The smallest absolute Gasteiger partial charge is 0.246 e. The van der Waals surface area contributed by atoms with Crippen LogP contribution in [-0.4, -0.2) is 55.2 Å². The molecular formula is C24H27ClN8O2. The van der Waals surface area contributed by atoms with E-state index in [1.807, 2.05) is 17.8 Å². The van der Waals surface area contributed by atoms with Crippen LogP contribution in [0.3, 0.4) is 0 Å². The fraction of sp³-hybridized carbons (Fsp3) is 0.292. The summed E-state index contributed by atoms with van der Waals surface area (Å²) in [5, 5.41) is 12.5. The van der Waals surface area contributed by atoms with Crippen LogP contribution in [0.4, 0.5) is 11.6 Å². The minimum Gasteiger partial charge on any atom is -0.484 e. The van der Waals surface area contributed by atoms with Gasteiger partial charge in [0.15, 0.2) is 0 Å². The number of nitrogens with one attached hydrogen (secondary N) is 2. The number of imidazole rings is 1. The van der Waals surface area contributed by atoms with E-state index in [2.05, 4.69) is 26.8 Å². The predicted molar refractivity (Wildman–Crippen MR) is 135 cm³/mol. The Bertz CT molecular complexity index is 1260. The summed E-state index contributed by atoms with van der Waals surface area (Å²) in [5.41, 5.74) is 7.20. The summed E-state index contributed by atoms with van der Waals surface area (Å²) in [7, 11) is 1.89. The Labute approximate surface area is 208 Å². The minimum absolute atomic E-state index is 0.0426. The fourth-order valence-corrected chi connectivity index (χ4v) is 4.20. The van der Waals surface area contributed by atoms with Gasteiger partial charge in [-0.3, -0.25) is 10.2 Å². The molecule has 0 spiro atoms. The number of rotatable bonds is 8. The maximum absolute atomic E-state index is 12.0. The number of anilines is 2. The number of aromatic nitrogens is 4. The van der Waals surface area contributed by atoms with Gasteiger partial charge in [0.2, 0.25) is 5.91 Å². The lowest BCUT2D eigenvalue weighted by molar-refractivity contribution is -0.127. The molecule has 1 atom stereocenters. The Kier molecular flexibility index (Phi) is 7.31. The zero-order valence-electron chi connectivity index (χ0n) is 19.4. The molecule has 3 heterocycles. The topological polar surface area (TPSA) is 135 Å². The van der Waals surface area contributed by atoms with E-state index in [1.165, 1.54) is 12.4 Å². The number of nitrogen functional groups attached to an aromatic ring is 1. The van der Waals surface area contributed by atoms with Gasteiger partial charge in [-0.2, -0.15) is 0 Å². The van der Waals surface area contributed by atoms with E-state index >= 15 is 0 Å². The molecule has 0 radical (unpaired) electrons. The largest absolute Gasteiger partial charge is 0.484 e. The number of ether oxygens (including phenoxy) is 1. The molecule has 2 aromatic heterocycles. The maximum atomic E-state index is 12.0. The summed E-state index contributed by atoms with van der Waals surface area (Å²) in [6, 6.07) is 5.06. The van der Waals surface area contributed by atoms with Crippen LogP contribution in [0.2, 0.25) is 5.02 Å². The molecule has 10 nitrogen and oxygen atoms in total. The zero-order chi connectivity index (χ0) is 24.9. The average molecular weight is 495 g/mol. The molecule has 35 heavy (non-hydrogen) atoms. The molecule has 1 aliphatic rings. The van der Waals surface area contributed by atoms with Crippen molar-refractivity contribution in [3.8, 4) is 5.75 Å². The van der Waals surface area contributed by atoms with Crippen LogP contribution in [0.5, 0.6) is 5.75 Å². The third kappa shape index (κ3) is 5.43. The zero-order valence-corrected chi connectivity index (χ0v) is 20.1. The summed E-state index contributed by atoms with van der Waals surface area (Å²) in [6.07, 6.45) is 7.91. The summed E-state index contributed by atoms with van der Waals surface area (Å²) in [5.74, 6) is 1.75. The fourth-order valence-electron chi connectivity index (χ4n) is 3.97. The number of likely N-dealkylation sites (tertiary alicyclic amines) is 1. The molecule has 0 aliphatic carbocycles. The quantitative estimate of drug-likeness (QED) is 0.323. The number of aryl methyl sites for hydroxylation is 1. The second-order valence-corrected chi connectivity index (χ2v) is 8.62. The molecule has 4 rings (SSSR count). The van der Waals surface area contributed by atoms with Crippen molar-refractivity contribution in [3.05, 3.63) is 71.5 Å². The molecule has 1 unspecified atom stereocenters. The Morgan fingerprint density at radius 1 is 1.40 bits per heavy atom. The van der Waals surface area contributed by atoms with Gasteiger partial charge in [-0.05, 0) is 37.1 Å². The molecule has 11 heteroatoms. The Morgan fingerprint density at radius 3 is 2.94 bits per heavy atom. The first kappa shape index (κ1) is 24.2. The van der Waals surface area contributed by atoms with Crippen molar-refractivity contribution in [2.45, 2.75) is 25.5 Å². The van der Waals surface area contributed by atoms with Crippen LogP contribution in [0, 0.1) is 5.41 Å². The van der Waals surface area contributed by atoms with Gasteiger partial charge in [0.05, 0.1) is 16.3 Å². The molecule has 1 amide bonds. The molecular weight excluding hydrogens is 468 g/mol. The molecule has 0 saturated carbocycles. The normalized spacial score (nSPS) is 15.5. The van der Waals surface area contributed by atoms with E-state index in [0.29, 0.717) is 40.8 Å². The van der Waals surface area contributed by atoms with E-state index in [9.17, 15) is 4.79 Å². The van der Waals surface area contributed by atoms with Crippen LogP contribution in [-0.2, 0) is 18.4 Å². The van der Waals surface area contributed by atoms with E-state index in [4.69, 9.17) is 27.5 Å². The van der Waals surface area contributed by atoms with Gasteiger partial charge < -0.3 is 25.3 Å². The highest BCUT2D eigenvalue weighted by Gasteiger charge is 2.25. The van der Waals surface area contributed by atoms with Gasteiger partial charge in [-0.1, -0.05) is 18.2 Å². The van der Waals surface area contributed by atoms with Crippen LogP contribution in [0.25, 0.3) is 0 Å². The lowest BCUT2D eigenvalue weighted by Crippen LogP contribution is -2.44. The molecule has 182 valence electrons. The molecule has 1 saturated heterocycles. The van der Waals surface area contributed by atoms with Crippen LogP contribution >= 0.6 is 11.6 Å². The van der Waals surface area contributed by atoms with E-state index < -0.39 is 0 Å².